The minimum absolute atomic E-state index is 0.00926. The molecule has 136 valence electrons. The Bertz CT molecular complexity index is 458. The molecule has 8 heteroatoms. The van der Waals surface area contributed by atoms with Crippen LogP contribution < -0.4 is 0 Å². The second-order valence-electron chi connectivity index (χ2n) is 4.11. The average molecular weight is 344 g/mol. The third-order valence-corrected chi connectivity index (χ3v) is 2.52. The van der Waals surface area contributed by atoms with Gasteiger partial charge in [-0.2, -0.15) is 0 Å². The van der Waals surface area contributed by atoms with E-state index in [2.05, 4.69) is 9.47 Å². The van der Waals surface area contributed by atoms with E-state index in [1.54, 1.807) is 27.7 Å². The van der Waals surface area contributed by atoms with Crippen LogP contribution in [0.15, 0.2) is 23.3 Å². The van der Waals surface area contributed by atoms with Gasteiger partial charge in [0.05, 0.1) is 13.2 Å². The lowest BCUT2D eigenvalue weighted by atomic mass is 10.0. The van der Waals surface area contributed by atoms with Gasteiger partial charge >= 0.3 is 23.9 Å². The van der Waals surface area contributed by atoms with E-state index < -0.39 is 23.9 Å². The molecular formula is C16H24O8. The Morgan fingerprint density at radius 3 is 1.17 bits per heavy atom. The molecule has 0 bridgehead atoms. The van der Waals surface area contributed by atoms with E-state index in [0.29, 0.717) is 13.2 Å². The molecule has 2 N–H and O–H groups in total. The predicted octanol–water partition coefficient (Wildman–Crippen LogP) is 1.94. The van der Waals surface area contributed by atoms with Gasteiger partial charge in [0.1, 0.15) is 0 Å². The number of hydrogen-bond donors (Lipinski definition) is 2. The molecule has 0 aliphatic rings. The first-order valence-corrected chi connectivity index (χ1v) is 7.45. The van der Waals surface area contributed by atoms with Crippen molar-refractivity contribution in [1.29, 1.82) is 0 Å². The minimum atomic E-state index is -1.14. The van der Waals surface area contributed by atoms with Crippen LogP contribution in [-0.2, 0) is 28.7 Å². The molecule has 0 spiro atoms. The number of esters is 2. The smallest absolute Gasteiger partial charge is 0.332 e. The van der Waals surface area contributed by atoms with Crippen LogP contribution in [-0.4, -0.2) is 47.3 Å². The Morgan fingerprint density at radius 1 is 0.708 bits per heavy atom. The average Bonchev–Trinajstić information content (AvgIpc) is 2.51. The van der Waals surface area contributed by atoms with Crippen molar-refractivity contribution in [2.75, 3.05) is 13.2 Å². The number of carbonyl (C=O) groups excluding carboxylic acids is 2. The van der Waals surface area contributed by atoms with Crippen LogP contribution in [0, 0.1) is 0 Å². The molecule has 24 heavy (non-hydrogen) atoms. The summed E-state index contributed by atoms with van der Waals surface area (Å²) < 4.78 is 9.07. The minimum Gasteiger partial charge on any atom is -0.478 e. The lowest BCUT2D eigenvalue weighted by Gasteiger charge is -2.03. The van der Waals surface area contributed by atoms with Crippen LogP contribution in [0.2, 0.25) is 0 Å². The number of carboxylic acids is 2. The number of hydrogen-bond acceptors (Lipinski definition) is 6. The van der Waals surface area contributed by atoms with E-state index in [9.17, 15) is 19.2 Å². The van der Waals surface area contributed by atoms with E-state index in [1.165, 1.54) is 0 Å². The van der Waals surface area contributed by atoms with Crippen molar-refractivity contribution in [2.45, 2.75) is 40.5 Å². The normalized spacial score (nSPS) is 11.0. The van der Waals surface area contributed by atoms with E-state index in [0.717, 1.165) is 12.2 Å². The summed E-state index contributed by atoms with van der Waals surface area (Å²) >= 11 is 0. The van der Waals surface area contributed by atoms with Crippen molar-refractivity contribution in [3.8, 4) is 0 Å². The van der Waals surface area contributed by atoms with Crippen molar-refractivity contribution in [2.24, 2.45) is 0 Å². The second-order valence-corrected chi connectivity index (χ2v) is 4.11. The molecule has 0 radical (unpaired) electrons. The van der Waals surface area contributed by atoms with E-state index in [1.807, 2.05) is 0 Å². The Labute approximate surface area is 140 Å². The molecule has 0 aliphatic heterocycles. The van der Waals surface area contributed by atoms with Gasteiger partial charge in [0.2, 0.25) is 0 Å². The third kappa shape index (κ3) is 11.0. The zero-order valence-corrected chi connectivity index (χ0v) is 14.3. The zero-order chi connectivity index (χ0) is 19.1. The van der Waals surface area contributed by atoms with Crippen LogP contribution in [0.3, 0.4) is 0 Å². The van der Waals surface area contributed by atoms with E-state index in [-0.39, 0.29) is 24.0 Å². The summed E-state index contributed by atoms with van der Waals surface area (Å²) in [5.74, 6) is -3.36. The molecule has 0 aromatic rings. The van der Waals surface area contributed by atoms with Gasteiger partial charge < -0.3 is 19.7 Å². The quantitative estimate of drug-likeness (QED) is 0.505. The van der Waals surface area contributed by atoms with Crippen LogP contribution in [0.1, 0.15) is 40.5 Å². The highest BCUT2D eigenvalue weighted by Gasteiger charge is 2.16. The molecule has 0 saturated heterocycles. The van der Waals surface area contributed by atoms with E-state index >= 15 is 0 Å². The van der Waals surface area contributed by atoms with Crippen LogP contribution >= 0.6 is 0 Å². The first kappa shape index (κ1) is 23.6. The highest BCUT2D eigenvalue weighted by molar-refractivity contribution is 5.98. The van der Waals surface area contributed by atoms with Crippen molar-refractivity contribution in [3.63, 3.8) is 0 Å². The summed E-state index contributed by atoms with van der Waals surface area (Å²) in [5.41, 5.74) is -0.0185. The molecule has 0 amide bonds. The highest BCUT2D eigenvalue weighted by atomic mass is 16.5. The van der Waals surface area contributed by atoms with Gasteiger partial charge in [-0.05, 0) is 26.7 Å². The fraction of sp³-hybridized carbons (Fsp3) is 0.500. The molecule has 8 nitrogen and oxygen atoms in total. The molecule has 0 heterocycles. The van der Waals surface area contributed by atoms with Crippen LogP contribution in [0.5, 0.6) is 0 Å². The predicted molar refractivity (Wildman–Crippen MR) is 85.3 cm³/mol. The number of ether oxygens (including phenoxy) is 2. The van der Waals surface area contributed by atoms with Gasteiger partial charge in [0.25, 0.3) is 0 Å². The number of rotatable bonds is 8. The lowest BCUT2D eigenvalue weighted by Crippen LogP contribution is -2.10. The van der Waals surface area contributed by atoms with Gasteiger partial charge in [0.15, 0.2) is 0 Å². The van der Waals surface area contributed by atoms with Crippen molar-refractivity contribution >= 4 is 23.9 Å². The summed E-state index contributed by atoms with van der Waals surface area (Å²) in [6.07, 6.45) is 2.57. The molecule has 0 atom stereocenters. The molecule has 0 aromatic heterocycles. The highest BCUT2D eigenvalue weighted by Crippen LogP contribution is 2.12. The number of carbonyl (C=O) groups is 4. The monoisotopic (exact) mass is 344 g/mol. The van der Waals surface area contributed by atoms with Gasteiger partial charge in [-0.1, -0.05) is 13.8 Å². The molecule has 0 aliphatic carbocycles. The molecule has 0 aromatic carbocycles. The summed E-state index contributed by atoms with van der Waals surface area (Å²) in [7, 11) is 0. The SMILES string of the molecule is CC/C(C(=O)O)=C(\CC)C(=O)O.CCOC(=O)C=CC(=O)OCC. The summed E-state index contributed by atoms with van der Waals surface area (Å²) in [5, 5.41) is 17.2. The lowest BCUT2D eigenvalue weighted by molar-refractivity contribution is -0.140. The van der Waals surface area contributed by atoms with Gasteiger partial charge in [-0.3, -0.25) is 0 Å². The molecular weight excluding hydrogens is 320 g/mol. The molecule has 0 rings (SSSR count). The number of carboxylic acid groups (broad SMARTS) is 2. The second kappa shape index (κ2) is 14.0. The van der Waals surface area contributed by atoms with Gasteiger partial charge in [0, 0.05) is 23.3 Å². The van der Waals surface area contributed by atoms with Crippen LogP contribution in [0.25, 0.3) is 0 Å². The Morgan fingerprint density at radius 2 is 1.00 bits per heavy atom. The Balaban J connectivity index is 0. The zero-order valence-electron chi connectivity index (χ0n) is 14.3. The maximum atomic E-state index is 10.6. The van der Waals surface area contributed by atoms with Crippen molar-refractivity contribution in [1.82, 2.24) is 0 Å². The summed E-state index contributed by atoms with van der Waals surface area (Å²) in [6, 6.07) is 0. The van der Waals surface area contributed by atoms with Crippen molar-refractivity contribution < 1.29 is 38.9 Å². The maximum absolute atomic E-state index is 10.6. The number of aliphatic carboxylic acids is 2. The maximum Gasteiger partial charge on any atom is 0.332 e. The molecule has 0 unspecified atom stereocenters. The van der Waals surface area contributed by atoms with Gasteiger partial charge in [-0.25, -0.2) is 19.2 Å². The van der Waals surface area contributed by atoms with Crippen molar-refractivity contribution in [3.05, 3.63) is 23.3 Å². The standard InChI is InChI=1S/2C8H12O4/c1-3-11-7(9)5-6-8(10)12-4-2;1-3-5(7(9)10)6(4-2)8(11)12/h5-6H,3-4H2,1-2H3;3-4H2,1-2H3,(H,9,10)(H,11,12)/b;6-5-. The third-order valence-electron chi connectivity index (χ3n) is 2.52. The molecule has 0 fully saturated rings. The first-order chi connectivity index (χ1) is 11.2. The summed E-state index contributed by atoms with van der Waals surface area (Å²) in [6.45, 7) is 7.23. The Kier molecular flexibility index (Phi) is 13.8. The first-order valence-electron chi connectivity index (χ1n) is 7.45. The van der Waals surface area contributed by atoms with Crippen LogP contribution in [0.4, 0.5) is 0 Å². The Hall–Kier alpha value is -2.64. The topological polar surface area (TPSA) is 127 Å². The molecule has 0 saturated carbocycles. The fourth-order valence-corrected chi connectivity index (χ4v) is 1.50. The largest absolute Gasteiger partial charge is 0.478 e. The summed E-state index contributed by atoms with van der Waals surface area (Å²) in [4.78, 5) is 42.3. The van der Waals surface area contributed by atoms with E-state index in [4.69, 9.17) is 10.2 Å². The fourth-order valence-electron chi connectivity index (χ4n) is 1.50. The van der Waals surface area contributed by atoms with Gasteiger partial charge in [-0.15, -0.1) is 0 Å².